The summed E-state index contributed by atoms with van der Waals surface area (Å²) in [6.07, 6.45) is 0.306. The van der Waals surface area contributed by atoms with Crippen molar-refractivity contribution in [1.82, 2.24) is 0 Å². The molecule has 0 aromatic carbocycles. The summed E-state index contributed by atoms with van der Waals surface area (Å²) in [5.41, 5.74) is 0. The first-order valence-corrected chi connectivity index (χ1v) is 7.07. The van der Waals surface area contributed by atoms with Crippen LogP contribution in [0.4, 0.5) is 0 Å². The van der Waals surface area contributed by atoms with E-state index in [-0.39, 0.29) is 0 Å². The molecule has 6 nitrogen and oxygen atoms in total. The molecule has 0 fully saturated rings. The van der Waals surface area contributed by atoms with Crippen molar-refractivity contribution in [2.75, 3.05) is 0 Å². The summed E-state index contributed by atoms with van der Waals surface area (Å²) in [6, 6.07) is 0. The van der Waals surface area contributed by atoms with Crippen molar-refractivity contribution < 1.29 is 28.7 Å². The predicted molar refractivity (Wildman–Crippen MR) is 47.3 cm³/mol. The third-order valence-corrected chi connectivity index (χ3v) is 6.04. The van der Waals surface area contributed by atoms with Crippen LogP contribution in [-0.4, -0.2) is 25.0 Å². The van der Waals surface area contributed by atoms with Gasteiger partial charge in [-0.05, 0) is 5.92 Å². The zero-order chi connectivity index (χ0) is 10.9. The van der Waals surface area contributed by atoms with E-state index in [4.69, 9.17) is 19.6 Å². The minimum absolute atomic E-state index is 0.306. The van der Waals surface area contributed by atoms with E-state index in [0.29, 0.717) is 6.42 Å². The molecular weight excluding hydrogens is 218 g/mol. The van der Waals surface area contributed by atoms with Crippen LogP contribution in [0.5, 0.6) is 0 Å². The maximum absolute atomic E-state index is 10.8. The highest BCUT2D eigenvalue weighted by atomic mass is 31.2. The largest absolute Gasteiger partial charge is 0.340 e. The molecule has 0 saturated heterocycles. The van der Waals surface area contributed by atoms with Gasteiger partial charge in [0.05, 0.1) is 0 Å². The first kappa shape index (κ1) is 13.3. The van der Waals surface area contributed by atoms with Crippen molar-refractivity contribution >= 4 is 15.2 Å². The molecule has 0 saturated carbocycles. The van der Waals surface area contributed by atoms with Gasteiger partial charge in [0.2, 0.25) is 0 Å². The lowest BCUT2D eigenvalue weighted by molar-refractivity contribution is 0.318. The summed E-state index contributed by atoms with van der Waals surface area (Å²) in [6.45, 7) is 3.02. The molecule has 0 heterocycles. The molecule has 0 aliphatic rings. The van der Waals surface area contributed by atoms with Gasteiger partial charge in [-0.25, -0.2) is 0 Å². The molecule has 13 heavy (non-hydrogen) atoms. The first-order chi connectivity index (χ1) is 5.60. The van der Waals surface area contributed by atoms with Gasteiger partial charge in [0.1, 0.15) is 0 Å². The average molecular weight is 232 g/mol. The van der Waals surface area contributed by atoms with E-state index in [1.165, 1.54) is 6.92 Å². The number of rotatable bonds is 4. The van der Waals surface area contributed by atoms with Crippen LogP contribution in [0.25, 0.3) is 0 Å². The molecule has 0 rings (SSSR count). The Hall–Kier alpha value is 0.300. The van der Waals surface area contributed by atoms with Gasteiger partial charge in [0.25, 0.3) is 0 Å². The normalized spacial score (nSPS) is 16.2. The van der Waals surface area contributed by atoms with Crippen LogP contribution in [0.2, 0.25) is 0 Å². The van der Waals surface area contributed by atoms with Crippen molar-refractivity contribution in [3.05, 3.63) is 0 Å². The Morgan fingerprint density at radius 1 is 1.08 bits per heavy atom. The molecule has 8 heteroatoms. The quantitative estimate of drug-likeness (QED) is 0.530. The summed E-state index contributed by atoms with van der Waals surface area (Å²) >= 11 is 0. The molecule has 0 amide bonds. The lowest BCUT2D eigenvalue weighted by atomic mass is 10.2. The minimum Gasteiger partial charge on any atom is -0.324 e. The fourth-order valence-corrected chi connectivity index (χ4v) is 4.39. The van der Waals surface area contributed by atoms with Crippen LogP contribution >= 0.6 is 15.2 Å². The van der Waals surface area contributed by atoms with Crippen molar-refractivity contribution in [2.24, 2.45) is 5.92 Å². The van der Waals surface area contributed by atoms with Crippen LogP contribution < -0.4 is 0 Å². The van der Waals surface area contributed by atoms with Gasteiger partial charge in [-0.15, -0.1) is 0 Å². The number of hydrogen-bond donors (Lipinski definition) is 4. The molecule has 0 aliphatic heterocycles. The maximum atomic E-state index is 10.8. The molecule has 4 N–H and O–H groups in total. The van der Waals surface area contributed by atoms with Crippen molar-refractivity contribution in [2.45, 2.75) is 25.7 Å². The SMILES string of the molecule is CC[C@@H](C)C(P(=O)(O)O)P(=O)(O)O. The van der Waals surface area contributed by atoms with Crippen molar-refractivity contribution in [3.63, 3.8) is 0 Å². The van der Waals surface area contributed by atoms with E-state index in [1.54, 1.807) is 6.92 Å². The molecule has 0 aromatic rings. The third-order valence-electron chi connectivity index (χ3n) is 1.84. The second kappa shape index (κ2) is 4.22. The molecular formula is C5H14O6P2. The van der Waals surface area contributed by atoms with Crippen LogP contribution in [-0.2, 0) is 9.13 Å². The van der Waals surface area contributed by atoms with Crippen LogP contribution in [0.3, 0.4) is 0 Å². The van der Waals surface area contributed by atoms with Gasteiger partial charge in [0.15, 0.2) is 5.40 Å². The van der Waals surface area contributed by atoms with Crippen LogP contribution in [0.15, 0.2) is 0 Å². The molecule has 0 radical (unpaired) electrons. The fraction of sp³-hybridized carbons (Fsp3) is 1.00. The minimum atomic E-state index is -4.73. The lowest BCUT2D eigenvalue weighted by Gasteiger charge is -2.24. The summed E-state index contributed by atoms with van der Waals surface area (Å²) < 4.78 is 21.6. The molecule has 0 aromatic heterocycles. The zero-order valence-electron chi connectivity index (χ0n) is 7.36. The summed E-state index contributed by atoms with van der Waals surface area (Å²) in [5, 5.41) is -1.87. The van der Waals surface area contributed by atoms with E-state index in [1.807, 2.05) is 0 Å². The Balaban J connectivity index is 5.01. The third kappa shape index (κ3) is 3.90. The highest BCUT2D eigenvalue weighted by Gasteiger charge is 2.46. The summed E-state index contributed by atoms with van der Waals surface area (Å²) in [4.78, 5) is 34.9. The Kier molecular flexibility index (Phi) is 4.31. The second-order valence-electron chi connectivity index (χ2n) is 2.98. The fourth-order valence-electron chi connectivity index (χ4n) is 1.07. The smallest absolute Gasteiger partial charge is 0.324 e. The highest BCUT2D eigenvalue weighted by Crippen LogP contribution is 2.63. The van der Waals surface area contributed by atoms with Gasteiger partial charge < -0.3 is 19.6 Å². The van der Waals surface area contributed by atoms with E-state index in [2.05, 4.69) is 0 Å². The zero-order valence-corrected chi connectivity index (χ0v) is 9.15. The Morgan fingerprint density at radius 2 is 1.38 bits per heavy atom. The van der Waals surface area contributed by atoms with E-state index in [9.17, 15) is 9.13 Å². The van der Waals surface area contributed by atoms with Gasteiger partial charge in [-0.3, -0.25) is 9.13 Å². The van der Waals surface area contributed by atoms with Gasteiger partial charge in [-0.1, -0.05) is 20.3 Å². The van der Waals surface area contributed by atoms with Gasteiger partial charge in [0, 0.05) is 0 Å². The molecule has 1 atom stereocenters. The van der Waals surface area contributed by atoms with Crippen molar-refractivity contribution in [1.29, 1.82) is 0 Å². The second-order valence-corrected chi connectivity index (χ2v) is 6.85. The topological polar surface area (TPSA) is 115 Å². The summed E-state index contributed by atoms with van der Waals surface area (Å²) in [5.74, 6) is -0.707. The Bertz CT molecular complexity index is 230. The molecule has 0 bridgehead atoms. The van der Waals surface area contributed by atoms with Crippen molar-refractivity contribution in [3.8, 4) is 0 Å². The molecule has 0 aliphatic carbocycles. The Labute approximate surface area is 76.3 Å². The average Bonchev–Trinajstić information content (AvgIpc) is 1.80. The first-order valence-electron chi connectivity index (χ1n) is 3.71. The predicted octanol–water partition coefficient (Wildman–Crippen LogP) is 0.714. The highest BCUT2D eigenvalue weighted by molar-refractivity contribution is 7.70. The van der Waals surface area contributed by atoms with Gasteiger partial charge in [-0.2, -0.15) is 0 Å². The molecule has 0 unspecified atom stereocenters. The standard InChI is InChI=1S/C5H14O6P2/c1-3-4(2)5(12(6,7)8)13(9,10)11/h4-5H,3H2,1-2H3,(H2,6,7,8)(H2,9,10,11)/t4-/m1/s1. The number of hydrogen-bond acceptors (Lipinski definition) is 2. The van der Waals surface area contributed by atoms with Crippen LogP contribution in [0, 0.1) is 5.92 Å². The molecule has 80 valence electrons. The Morgan fingerprint density at radius 3 is 1.46 bits per heavy atom. The van der Waals surface area contributed by atoms with Crippen LogP contribution in [0.1, 0.15) is 20.3 Å². The van der Waals surface area contributed by atoms with E-state index < -0.39 is 26.5 Å². The van der Waals surface area contributed by atoms with Gasteiger partial charge >= 0.3 is 15.2 Å². The van der Waals surface area contributed by atoms with E-state index >= 15 is 0 Å². The maximum Gasteiger partial charge on any atom is 0.340 e. The summed E-state index contributed by atoms with van der Waals surface area (Å²) in [7, 11) is -9.47. The monoisotopic (exact) mass is 232 g/mol. The lowest BCUT2D eigenvalue weighted by Crippen LogP contribution is -2.18. The molecule has 0 spiro atoms. The van der Waals surface area contributed by atoms with E-state index in [0.717, 1.165) is 0 Å².